The van der Waals surface area contributed by atoms with Crippen LogP contribution in [0, 0.1) is 0 Å². The molecule has 0 aromatic carbocycles. The highest BCUT2D eigenvalue weighted by Gasteiger charge is 2.29. The van der Waals surface area contributed by atoms with Crippen LogP contribution in [0.2, 0.25) is 0 Å². The quantitative estimate of drug-likeness (QED) is 0.824. The molecule has 2 atom stereocenters. The van der Waals surface area contributed by atoms with Crippen molar-refractivity contribution in [2.24, 2.45) is 0 Å². The van der Waals surface area contributed by atoms with E-state index in [-0.39, 0.29) is 11.9 Å². The van der Waals surface area contributed by atoms with E-state index in [1.54, 1.807) is 21.6 Å². The smallest absolute Gasteiger partial charge is 0.255 e. The van der Waals surface area contributed by atoms with Gasteiger partial charge in [0.15, 0.2) is 11.9 Å². The van der Waals surface area contributed by atoms with E-state index in [9.17, 15) is 14.7 Å². The Morgan fingerprint density at radius 2 is 2.27 bits per heavy atom. The van der Waals surface area contributed by atoms with Gasteiger partial charge in [0.2, 0.25) is 0 Å². The van der Waals surface area contributed by atoms with Gasteiger partial charge in [0.25, 0.3) is 5.91 Å². The molecule has 0 spiro atoms. The summed E-state index contributed by atoms with van der Waals surface area (Å²) in [4.78, 5) is 29.6. The summed E-state index contributed by atoms with van der Waals surface area (Å²) >= 11 is 3.39. The van der Waals surface area contributed by atoms with Gasteiger partial charge in [0, 0.05) is 18.8 Å². The van der Waals surface area contributed by atoms with Gasteiger partial charge in [-0.15, -0.1) is 0 Å². The molecule has 22 heavy (non-hydrogen) atoms. The number of aromatic nitrogens is 2. The van der Waals surface area contributed by atoms with Gasteiger partial charge in [-0.2, -0.15) is 0 Å². The molecule has 0 saturated carbocycles. The Hall–Kier alpha value is -1.73. The number of likely N-dealkylation sites (tertiary alicyclic amines) is 1. The average Bonchev–Trinajstić information content (AvgIpc) is 2.92. The fourth-order valence-corrected chi connectivity index (χ4v) is 3.34. The SMILES string of the molecule is C[C@@H]1CC[C@@H](O)CN1C(=O)c1cc(Br)c2ncc(C=O)n2c1. The molecule has 1 fully saturated rings. The van der Waals surface area contributed by atoms with E-state index >= 15 is 0 Å². The van der Waals surface area contributed by atoms with Crippen LogP contribution < -0.4 is 0 Å². The normalized spacial score (nSPS) is 22.0. The van der Waals surface area contributed by atoms with Gasteiger partial charge in [-0.05, 0) is 41.8 Å². The summed E-state index contributed by atoms with van der Waals surface area (Å²) in [6, 6.07) is 1.78. The first kappa shape index (κ1) is 15.2. The van der Waals surface area contributed by atoms with Crippen LogP contribution in [-0.4, -0.2) is 50.3 Å². The molecule has 3 heterocycles. The molecule has 2 aromatic heterocycles. The number of aldehydes is 1. The lowest BCUT2D eigenvalue weighted by Crippen LogP contribution is -2.47. The van der Waals surface area contributed by atoms with Gasteiger partial charge in [-0.1, -0.05) is 0 Å². The Labute approximate surface area is 135 Å². The summed E-state index contributed by atoms with van der Waals surface area (Å²) in [5.74, 6) is -0.153. The number of amides is 1. The summed E-state index contributed by atoms with van der Waals surface area (Å²) in [5.41, 5.74) is 1.43. The van der Waals surface area contributed by atoms with E-state index in [0.717, 1.165) is 6.42 Å². The second-order valence-corrected chi connectivity index (χ2v) is 6.46. The number of aliphatic hydroxyl groups excluding tert-OH is 1. The topological polar surface area (TPSA) is 74.9 Å². The zero-order valence-corrected chi connectivity index (χ0v) is 13.7. The molecule has 7 heteroatoms. The van der Waals surface area contributed by atoms with Crippen molar-refractivity contribution in [3.05, 3.63) is 34.2 Å². The molecule has 1 saturated heterocycles. The lowest BCUT2D eigenvalue weighted by Gasteiger charge is -2.36. The number of fused-ring (bicyclic) bond motifs is 1. The van der Waals surface area contributed by atoms with Crippen LogP contribution in [0.4, 0.5) is 0 Å². The largest absolute Gasteiger partial charge is 0.391 e. The number of rotatable bonds is 2. The molecule has 1 N–H and O–H groups in total. The van der Waals surface area contributed by atoms with E-state index in [2.05, 4.69) is 20.9 Å². The van der Waals surface area contributed by atoms with E-state index in [1.165, 1.54) is 6.20 Å². The standard InChI is InChI=1S/C15H16BrN3O3/c1-9-2-3-12(21)7-18(9)15(22)10-4-13(16)14-17-5-11(8-20)19(14)6-10/h4-6,8-9,12,21H,2-3,7H2,1H3/t9-,12-/m1/s1. The third-order valence-electron chi connectivity index (χ3n) is 4.08. The first-order chi connectivity index (χ1) is 10.5. The lowest BCUT2D eigenvalue weighted by molar-refractivity contribution is 0.0309. The molecule has 1 aliphatic heterocycles. The van der Waals surface area contributed by atoms with E-state index in [4.69, 9.17) is 0 Å². The molecule has 1 amide bonds. The maximum atomic E-state index is 12.7. The fourth-order valence-electron chi connectivity index (χ4n) is 2.80. The van der Waals surface area contributed by atoms with E-state index in [0.29, 0.717) is 40.6 Å². The lowest BCUT2D eigenvalue weighted by atomic mass is 10.0. The van der Waals surface area contributed by atoms with Crippen LogP contribution >= 0.6 is 15.9 Å². The summed E-state index contributed by atoms with van der Waals surface area (Å²) < 4.78 is 2.24. The van der Waals surface area contributed by atoms with Gasteiger partial charge < -0.3 is 10.0 Å². The highest BCUT2D eigenvalue weighted by Crippen LogP contribution is 2.24. The van der Waals surface area contributed by atoms with Gasteiger partial charge in [-0.3, -0.25) is 14.0 Å². The van der Waals surface area contributed by atoms with Gasteiger partial charge in [-0.25, -0.2) is 4.98 Å². The Morgan fingerprint density at radius 1 is 1.50 bits per heavy atom. The zero-order chi connectivity index (χ0) is 15.9. The number of pyridine rings is 1. The highest BCUT2D eigenvalue weighted by molar-refractivity contribution is 9.10. The molecule has 0 bridgehead atoms. The summed E-state index contributed by atoms with van der Waals surface area (Å²) in [5, 5.41) is 9.80. The molecule has 0 unspecified atom stereocenters. The Balaban J connectivity index is 2.01. The van der Waals surface area contributed by atoms with Crippen LogP contribution in [0.25, 0.3) is 5.65 Å². The number of β-amino-alcohol motifs (C(OH)–C–C–N with tert-alkyl or cyclic N) is 1. The van der Waals surface area contributed by atoms with Crippen LogP contribution in [0.5, 0.6) is 0 Å². The number of aliphatic hydroxyl groups is 1. The van der Waals surface area contributed by atoms with Crippen molar-refractivity contribution >= 4 is 33.8 Å². The second kappa shape index (κ2) is 5.81. The monoisotopic (exact) mass is 365 g/mol. The molecule has 0 aliphatic carbocycles. The van der Waals surface area contributed by atoms with E-state index < -0.39 is 6.10 Å². The van der Waals surface area contributed by atoms with Gasteiger partial charge in [0.1, 0.15) is 5.69 Å². The van der Waals surface area contributed by atoms with Crippen LogP contribution in [0.3, 0.4) is 0 Å². The van der Waals surface area contributed by atoms with Crippen molar-refractivity contribution in [2.75, 3.05) is 6.54 Å². The molecule has 116 valence electrons. The molecule has 3 rings (SSSR count). The van der Waals surface area contributed by atoms with Crippen LogP contribution in [0.1, 0.15) is 40.6 Å². The minimum absolute atomic E-state index is 0.0821. The number of hydrogen-bond donors (Lipinski definition) is 1. The number of carbonyl (C=O) groups is 2. The number of piperidine rings is 1. The maximum absolute atomic E-state index is 12.7. The summed E-state index contributed by atoms with van der Waals surface area (Å²) in [6.45, 7) is 2.31. The van der Waals surface area contributed by atoms with Crippen molar-refractivity contribution in [1.29, 1.82) is 0 Å². The Morgan fingerprint density at radius 3 is 3.00 bits per heavy atom. The molecule has 1 aliphatic rings. The van der Waals surface area contributed by atoms with Crippen molar-refractivity contribution in [3.63, 3.8) is 0 Å². The first-order valence-electron chi connectivity index (χ1n) is 7.12. The number of imidazole rings is 1. The number of carbonyl (C=O) groups excluding carboxylic acids is 2. The predicted molar refractivity (Wildman–Crippen MR) is 84.0 cm³/mol. The van der Waals surface area contributed by atoms with E-state index in [1.807, 2.05) is 6.92 Å². The minimum atomic E-state index is -0.480. The number of nitrogens with zero attached hydrogens (tertiary/aromatic N) is 3. The van der Waals surface area contributed by atoms with Gasteiger partial charge >= 0.3 is 0 Å². The zero-order valence-electron chi connectivity index (χ0n) is 12.1. The van der Waals surface area contributed by atoms with Crippen molar-refractivity contribution in [3.8, 4) is 0 Å². The van der Waals surface area contributed by atoms with Crippen molar-refractivity contribution in [1.82, 2.24) is 14.3 Å². The van der Waals surface area contributed by atoms with Crippen LogP contribution in [-0.2, 0) is 0 Å². The molecule has 2 aromatic rings. The molecular formula is C15H16BrN3O3. The molecular weight excluding hydrogens is 350 g/mol. The second-order valence-electron chi connectivity index (χ2n) is 5.61. The Kier molecular flexibility index (Phi) is 4.01. The molecule has 0 radical (unpaired) electrons. The average molecular weight is 366 g/mol. The summed E-state index contributed by atoms with van der Waals surface area (Å²) in [7, 11) is 0. The van der Waals surface area contributed by atoms with Gasteiger partial charge in [0.05, 0.1) is 22.3 Å². The molecule has 6 nitrogen and oxygen atoms in total. The number of hydrogen-bond acceptors (Lipinski definition) is 4. The summed E-state index contributed by atoms with van der Waals surface area (Å²) in [6.07, 6.45) is 4.80. The predicted octanol–water partition coefficient (Wildman–Crippen LogP) is 1.89. The fraction of sp³-hybridized carbons (Fsp3) is 0.400. The highest BCUT2D eigenvalue weighted by atomic mass is 79.9. The first-order valence-corrected chi connectivity index (χ1v) is 7.91. The van der Waals surface area contributed by atoms with Crippen molar-refractivity contribution in [2.45, 2.75) is 31.9 Å². The van der Waals surface area contributed by atoms with Crippen LogP contribution in [0.15, 0.2) is 22.9 Å². The number of halogens is 1. The third-order valence-corrected chi connectivity index (χ3v) is 4.66. The Bertz CT molecular complexity index is 743. The third kappa shape index (κ3) is 2.55. The maximum Gasteiger partial charge on any atom is 0.255 e. The van der Waals surface area contributed by atoms with Crippen molar-refractivity contribution < 1.29 is 14.7 Å². The minimum Gasteiger partial charge on any atom is -0.391 e.